The molecule has 1 amide bonds. The van der Waals surface area contributed by atoms with Crippen molar-refractivity contribution in [3.63, 3.8) is 0 Å². The van der Waals surface area contributed by atoms with Crippen LogP contribution in [-0.2, 0) is 9.53 Å². The average molecular weight is 426 g/mol. The van der Waals surface area contributed by atoms with Crippen molar-refractivity contribution in [1.82, 2.24) is 9.80 Å². The van der Waals surface area contributed by atoms with E-state index in [-0.39, 0.29) is 18.4 Å². The summed E-state index contributed by atoms with van der Waals surface area (Å²) in [5.41, 5.74) is 0. The molecular formula is C12H14Br2N2O3S. The minimum atomic E-state index is -0.240. The van der Waals surface area contributed by atoms with E-state index in [1.165, 1.54) is 18.4 Å². The molecule has 2 heterocycles. The van der Waals surface area contributed by atoms with Gasteiger partial charge in [-0.05, 0) is 37.9 Å². The molecule has 0 bridgehead atoms. The topological polar surface area (TPSA) is 49.9 Å². The minimum Gasteiger partial charge on any atom is -0.468 e. The van der Waals surface area contributed by atoms with E-state index in [1.54, 1.807) is 0 Å². The van der Waals surface area contributed by atoms with Crippen LogP contribution in [0.5, 0.6) is 0 Å². The Morgan fingerprint density at radius 1 is 1.30 bits per heavy atom. The van der Waals surface area contributed by atoms with Crippen LogP contribution in [0, 0.1) is 0 Å². The number of esters is 1. The first-order chi connectivity index (χ1) is 9.51. The summed E-state index contributed by atoms with van der Waals surface area (Å²) in [6.07, 6.45) is 0. The molecule has 0 unspecified atom stereocenters. The summed E-state index contributed by atoms with van der Waals surface area (Å²) in [7, 11) is 1.38. The van der Waals surface area contributed by atoms with Gasteiger partial charge in [-0.1, -0.05) is 0 Å². The van der Waals surface area contributed by atoms with Gasteiger partial charge in [-0.15, -0.1) is 11.3 Å². The lowest BCUT2D eigenvalue weighted by atomic mass is 10.3. The second kappa shape index (κ2) is 7.02. The SMILES string of the molecule is COC(=O)CN1CCN(C(=O)c2cc(Br)c(Br)s2)CC1. The van der Waals surface area contributed by atoms with Gasteiger partial charge in [-0.25, -0.2) is 0 Å². The van der Waals surface area contributed by atoms with Gasteiger partial charge in [0.1, 0.15) is 0 Å². The number of ether oxygens (including phenoxy) is 1. The van der Waals surface area contributed by atoms with E-state index in [1.807, 2.05) is 15.9 Å². The van der Waals surface area contributed by atoms with Crippen molar-refractivity contribution in [2.75, 3.05) is 39.8 Å². The maximum absolute atomic E-state index is 12.3. The lowest BCUT2D eigenvalue weighted by Crippen LogP contribution is -2.49. The molecule has 5 nitrogen and oxygen atoms in total. The number of amides is 1. The predicted molar refractivity (Wildman–Crippen MR) is 84.1 cm³/mol. The van der Waals surface area contributed by atoms with Crippen molar-refractivity contribution >= 4 is 55.1 Å². The Kier molecular flexibility index (Phi) is 5.59. The van der Waals surface area contributed by atoms with Crippen LogP contribution in [0.1, 0.15) is 9.67 Å². The van der Waals surface area contributed by atoms with Gasteiger partial charge in [-0.2, -0.15) is 0 Å². The first-order valence-electron chi connectivity index (χ1n) is 6.04. The monoisotopic (exact) mass is 424 g/mol. The molecule has 8 heteroatoms. The van der Waals surface area contributed by atoms with E-state index in [0.717, 1.165) is 8.26 Å². The van der Waals surface area contributed by atoms with Crippen LogP contribution in [0.4, 0.5) is 0 Å². The number of carbonyl (C=O) groups is 2. The Balaban J connectivity index is 1.90. The number of halogens is 2. The number of methoxy groups -OCH3 is 1. The number of thiophene rings is 1. The standard InChI is InChI=1S/C12H14Br2N2O3S/c1-19-10(17)7-15-2-4-16(5-3-15)12(18)9-6-8(13)11(14)20-9/h6H,2-5,7H2,1H3. The van der Waals surface area contributed by atoms with Crippen LogP contribution in [-0.4, -0.2) is 61.5 Å². The number of piperazine rings is 1. The van der Waals surface area contributed by atoms with Crippen molar-refractivity contribution in [1.29, 1.82) is 0 Å². The first kappa shape index (κ1) is 15.9. The van der Waals surface area contributed by atoms with Crippen LogP contribution < -0.4 is 0 Å². The van der Waals surface area contributed by atoms with Crippen molar-refractivity contribution in [2.45, 2.75) is 0 Å². The smallest absolute Gasteiger partial charge is 0.319 e. The van der Waals surface area contributed by atoms with E-state index in [2.05, 4.69) is 36.6 Å². The number of carbonyl (C=O) groups excluding carboxylic acids is 2. The molecule has 20 heavy (non-hydrogen) atoms. The highest BCUT2D eigenvalue weighted by molar-refractivity contribution is 9.13. The maximum atomic E-state index is 12.3. The molecule has 1 aromatic heterocycles. The van der Waals surface area contributed by atoms with E-state index in [4.69, 9.17) is 0 Å². The highest BCUT2D eigenvalue weighted by atomic mass is 79.9. The summed E-state index contributed by atoms with van der Waals surface area (Å²) < 4.78 is 6.46. The molecule has 0 radical (unpaired) electrons. The Morgan fingerprint density at radius 3 is 2.45 bits per heavy atom. The average Bonchev–Trinajstić information content (AvgIpc) is 2.78. The van der Waals surface area contributed by atoms with Gasteiger partial charge in [0.15, 0.2) is 0 Å². The van der Waals surface area contributed by atoms with Crippen molar-refractivity contribution in [2.24, 2.45) is 0 Å². The van der Waals surface area contributed by atoms with Crippen LogP contribution in [0.15, 0.2) is 14.3 Å². The van der Waals surface area contributed by atoms with Gasteiger partial charge in [-0.3, -0.25) is 14.5 Å². The summed E-state index contributed by atoms with van der Waals surface area (Å²) in [6, 6.07) is 1.83. The van der Waals surface area contributed by atoms with Gasteiger partial charge in [0.05, 0.1) is 22.3 Å². The van der Waals surface area contributed by atoms with Gasteiger partial charge < -0.3 is 9.64 Å². The molecule has 0 saturated carbocycles. The van der Waals surface area contributed by atoms with Gasteiger partial charge in [0, 0.05) is 30.7 Å². The molecule has 110 valence electrons. The Labute approximate surface area is 138 Å². The van der Waals surface area contributed by atoms with E-state index < -0.39 is 0 Å². The third-order valence-corrected chi connectivity index (χ3v) is 6.34. The fourth-order valence-corrected chi connectivity index (χ4v) is 3.97. The predicted octanol–water partition coefficient (Wildman–Crippen LogP) is 2.20. The molecule has 0 spiro atoms. The lowest BCUT2D eigenvalue weighted by molar-refractivity contribution is -0.142. The second-order valence-corrected chi connectivity index (χ2v) is 7.60. The van der Waals surface area contributed by atoms with Crippen molar-refractivity contribution < 1.29 is 14.3 Å². The van der Waals surface area contributed by atoms with E-state index in [0.29, 0.717) is 31.1 Å². The van der Waals surface area contributed by atoms with E-state index in [9.17, 15) is 9.59 Å². The Morgan fingerprint density at radius 2 is 1.95 bits per heavy atom. The maximum Gasteiger partial charge on any atom is 0.319 e. The van der Waals surface area contributed by atoms with Crippen LogP contribution in [0.25, 0.3) is 0 Å². The summed E-state index contributed by atoms with van der Waals surface area (Å²) in [4.78, 5) is 28.1. The molecule has 1 fully saturated rings. The fraction of sp³-hybridized carbons (Fsp3) is 0.500. The third kappa shape index (κ3) is 3.81. The van der Waals surface area contributed by atoms with Crippen LogP contribution in [0.2, 0.25) is 0 Å². The minimum absolute atomic E-state index is 0.0409. The lowest BCUT2D eigenvalue weighted by Gasteiger charge is -2.33. The van der Waals surface area contributed by atoms with Crippen molar-refractivity contribution in [3.8, 4) is 0 Å². The molecule has 0 atom stereocenters. The highest BCUT2D eigenvalue weighted by Crippen LogP contribution is 2.33. The molecule has 1 saturated heterocycles. The van der Waals surface area contributed by atoms with Crippen LogP contribution >= 0.6 is 43.2 Å². The molecule has 1 aromatic rings. The Bertz CT molecular complexity index is 493. The third-order valence-electron chi connectivity index (χ3n) is 3.10. The summed E-state index contributed by atoms with van der Waals surface area (Å²) in [5.74, 6) is -0.199. The summed E-state index contributed by atoms with van der Waals surface area (Å²) >= 11 is 8.20. The first-order valence-corrected chi connectivity index (χ1v) is 8.44. The fourth-order valence-electron chi connectivity index (χ4n) is 1.96. The van der Waals surface area contributed by atoms with Gasteiger partial charge in [0.2, 0.25) is 0 Å². The quantitative estimate of drug-likeness (QED) is 0.696. The second-order valence-electron chi connectivity index (χ2n) is 4.38. The number of hydrogen-bond acceptors (Lipinski definition) is 5. The summed E-state index contributed by atoms with van der Waals surface area (Å²) in [5, 5.41) is 0. The number of rotatable bonds is 3. The van der Waals surface area contributed by atoms with Gasteiger partial charge >= 0.3 is 5.97 Å². The Hall–Kier alpha value is -0.440. The summed E-state index contributed by atoms with van der Waals surface area (Å²) in [6.45, 7) is 2.92. The molecule has 0 aromatic carbocycles. The molecule has 0 aliphatic carbocycles. The molecule has 1 aliphatic rings. The van der Waals surface area contributed by atoms with Crippen LogP contribution in [0.3, 0.4) is 0 Å². The van der Waals surface area contributed by atoms with E-state index >= 15 is 0 Å². The zero-order valence-electron chi connectivity index (χ0n) is 10.9. The number of hydrogen-bond donors (Lipinski definition) is 0. The zero-order valence-corrected chi connectivity index (χ0v) is 14.9. The molecule has 2 rings (SSSR count). The normalized spacial score (nSPS) is 16.2. The zero-order chi connectivity index (χ0) is 14.7. The largest absolute Gasteiger partial charge is 0.468 e. The molecule has 1 aliphatic heterocycles. The number of nitrogens with zero attached hydrogens (tertiary/aromatic N) is 2. The molecular weight excluding hydrogens is 412 g/mol. The van der Waals surface area contributed by atoms with Crippen molar-refractivity contribution in [3.05, 3.63) is 19.2 Å². The highest BCUT2D eigenvalue weighted by Gasteiger charge is 2.24. The van der Waals surface area contributed by atoms with Gasteiger partial charge in [0.25, 0.3) is 5.91 Å². The molecule has 0 N–H and O–H groups in total.